The number of anilines is 3. The summed E-state index contributed by atoms with van der Waals surface area (Å²) in [5.74, 6) is -1.37. The Morgan fingerprint density at radius 1 is 0.897 bits per heavy atom. The number of fused-ring (bicyclic) bond motifs is 1. The Bertz CT molecular complexity index is 1340. The van der Waals surface area contributed by atoms with Crippen molar-refractivity contribution in [1.29, 1.82) is 0 Å². The van der Waals surface area contributed by atoms with Crippen molar-refractivity contribution < 1.29 is 35.9 Å². The first-order chi connectivity index (χ1) is 18.4. The summed E-state index contributed by atoms with van der Waals surface area (Å²) in [4.78, 5) is 30.0. The van der Waals surface area contributed by atoms with E-state index in [0.29, 0.717) is 36.5 Å². The fourth-order valence-electron chi connectivity index (χ4n) is 4.59. The molecule has 0 spiro atoms. The molecule has 2 amide bonds. The molecular formula is C28H25F6N3O2. The van der Waals surface area contributed by atoms with Gasteiger partial charge in [-0.2, -0.15) is 26.3 Å². The molecule has 1 aliphatic heterocycles. The van der Waals surface area contributed by atoms with Gasteiger partial charge in [0.2, 0.25) is 5.91 Å². The lowest BCUT2D eigenvalue weighted by atomic mass is 10.00. The van der Waals surface area contributed by atoms with Gasteiger partial charge in [0.05, 0.1) is 35.5 Å². The number of rotatable bonds is 6. The second-order valence-electron chi connectivity index (χ2n) is 9.09. The van der Waals surface area contributed by atoms with E-state index in [1.54, 1.807) is 12.1 Å². The minimum Gasteiger partial charge on any atom is -0.342 e. The lowest BCUT2D eigenvalue weighted by molar-refractivity contribution is -0.143. The zero-order valence-corrected chi connectivity index (χ0v) is 20.8. The van der Waals surface area contributed by atoms with Gasteiger partial charge in [0.15, 0.2) is 0 Å². The van der Waals surface area contributed by atoms with Gasteiger partial charge in [-0.3, -0.25) is 9.59 Å². The van der Waals surface area contributed by atoms with Crippen LogP contribution in [0.3, 0.4) is 0 Å². The second kappa shape index (κ2) is 11.0. The quantitative estimate of drug-likeness (QED) is 0.365. The number of nitrogens with one attached hydrogen (secondary N) is 1. The van der Waals surface area contributed by atoms with E-state index >= 15 is 0 Å². The van der Waals surface area contributed by atoms with E-state index in [1.807, 2.05) is 54.3 Å². The fraction of sp³-hybridized carbons (Fsp3) is 0.286. The largest absolute Gasteiger partial charge is 0.416 e. The number of hydrogen-bond acceptors (Lipinski definition) is 3. The van der Waals surface area contributed by atoms with E-state index in [0.717, 1.165) is 5.69 Å². The number of hydrogen-bond donors (Lipinski definition) is 1. The van der Waals surface area contributed by atoms with E-state index in [2.05, 4.69) is 5.32 Å². The number of amides is 2. The van der Waals surface area contributed by atoms with Crippen LogP contribution in [0.4, 0.5) is 43.4 Å². The minimum atomic E-state index is -5.11. The average molecular weight is 550 g/mol. The molecule has 3 aromatic carbocycles. The van der Waals surface area contributed by atoms with Crippen LogP contribution in [-0.4, -0.2) is 30.9 Å². The Kier molecular flexibility index (Phi) is 7.89. The Hall–Kier alpha value is -4.02. The molecule has 0 aliphatic carbocycles. The van der Waals surface area contributed by atoms with E-state index in [1.165, 1.54) is 4.90 Å². The molecule has 0 saturated carbocycles. The molecule has 1 atom stereocenters. The first-order valence-corrected chi connectivity index (χ1v) is 12.2. The maximum Gasteiger partial charge on any atom is 0.416 e. The molecule has 1 unspecified atom stereocenters. The summed E-state index contributed by atoms with van der Waals surface area (Å²) in [5, 5.41) is 2.54. The van der Waals surface area contributed by atoms with Crippen molar-refractivity contribution >= 4 is 28.9 Å². The van der Waals surface area contributed by atoms with Crippen molar-refractivity contribution in [3.05, 3.63) is 89.5 Å². The Morgan fingerprint density at radius 3 is 2.15 bits per heavy atom. The second-order valence-corrected chi connectivity index (χ2v) is 9.09. The van der Waals surface area contributed by atoms with E-state index in [-0.39, 0.29) is 12.6 Å². The molecule has 4 rings (SSSR count). The van der Waals surface area contributed by atoms with Crippen molar-refractivity contribution in [2.45, 2.75) is 38.2 Å². The molecule has 0 bridgehead atoms. The first kappa shape index (κ1) is 28.0. The molecule has 1 aliphatic rings. The van der Waals surface area contributed by atoms with Crippen LogP contribution in [0.2, 0.25) is 0 Å². The Labute approximate surface area is 221 Å². The predicted molar refractivity (Wildman–Crippen MR) is 135 cm³/mol. The highest BCUT2D eigenvalue weighted by molar-refractivity contribution is 6.04. The van der Waals surface area contributed by atoms with Gasteiger partial charge < -0.3 is 15.1 Å². The van der Waals surface area contributed by atoms with Crippen LogP contribution in [0.1, 0.15) is 30.0 Å². The Morgan fingerprint density at radius 2 is 1.54 bits per heavy atom. The number of halogens is 6. The number of carbonyl (C=O) groups is 2. The van der Waals surface area contributed by atoms with Crippen LogP contribution in [-0.2, 0) is 28.4 Å². The molecule has 0 fully saturated rings. The van der Waals surface area contributed by atoms with Crippen molar-refractivity contribution in [3.8, 4) is 0 Å². The normalized spacial score (nSPS) is 16.1. The van der Waals surface area contributed by atoms with Gasteiger partial charge in [0, 0.05) is 12.2 Å². The standard InChI is InChI=1S/C28H25F6N3O2/c1-2-14-36-23-10-6-7-11-24(23)37(20-8-4-3-5-9-20)17-22(26(36)39)35-25(38)15-18-12-13-19(27(29,30)31)16-21(18)28(32,33)34/h3-13,16,22H,2,14-15,17H2,1H3,(H,35,38). The smallest absolute Gasteiger partial charge is 0.342 e. The molecule has 0 aromatic heterocycles. The summed E-state index contributed by atoms with van der Waals surface area (Å²) in [7, 11) is 0. The van der Waals surface area contributed by atoms with Crippen LogP contribution in [0, 0.1) is 0 Å². The molecule has 1 heterocycles. The van der Waals surface area contributed by atoms with Gasteiger partial charge >= 0.3 is 12.4 Å². The topological polar surface area (TPSA) is 52.7 Å². The Balaban J connectivity index is 1.66. The third-order valence-electron chi connectivity index (χ3n) is 6.34. The van der Waals surface area contributed by atoms with Gasteiger partial charge in [0.1, 0.15) is 6.04 Å². The zero-order chi connectivity index (χ0) is 28.4. The van der Waals surface area contributed by atoms with E-state index in [9.17, 15) is 35.9 Å². The molecular weight excluding hydrogens is 524 g/mol. The van der Waals surface area contributed by atoms with E-state index < -0.39 is 53.3 Å². The minimum absolute atomic E-state index is 0.00379. The van der Waals surface area contributed by atoms with Gasteiger partial charge in [-0.15, -0.1) is 0 Å². The molecule has 1 N–H and O–H groups in total. The SMILES string of the molecule is CCCN1C(=O)C(NC(=O)Cc2ccc(C(F)(F)F)cc2C(F)(F)F)CN(c2ccccc2)c2ccccc21. The molecule has 0 radical (unpaired) electrons. The lowest BCUT2D eigenvalue weighted by Crippen LogP contribution is -2.52. The van der Waals surface area contributed by atoms with Gasteiger partial charge in [0.25, 0.3) is 5.91 Å². The third kappa shape index (κ3) is 6.18. The molecule has 11 heteroatoms. The predicted octanol–water partition coefficient (Wildman–Crippen LogP) is 6.35. The number of alkyl halides is 6. The van der Waals surface area contributed by atoms with Gasteiger partial charge in [-0.1, -0.05) is 43.3 Å². The molecule has 3 aromatic rings. The summed E-state index contributed by atoms with van der Waals surface area (Å²) in [6.07, 6.45) is -10.3. The maximum atomic E-state index is 13.6. The fourth-order valence-corrected chi connectivity index (χ4v) is 4.59. The van der Waals surface area contributed by atoms with Crippen LogP contribution in [0.25, 0.3) is 0 Å². The first-order valence-electron chi connectivity index (χ1n) is 12.2. The summed E-state index contributed by atoms with van der Waals surface area (Å²) in [6, 6.07) is 16.3. The van der Waals surface area contributed by atoms with Crippen molar-refractivity contribution in [2.75, 3.05) is 22.9 Å². The highest BCUT2D eigenvalue weighted by Crippen LogP contribution is 2.39. The van der Waals surface area contributed by atoms with Crippen LogP contribution < -0.4 is 15.1 Å². The van der Waals surface area contributed by atoms with Crippen LogP contribution in [0.5, 0.6) is 0 Å². The highest BCUT2D eigenvalue weighted by Gasteiger charge is 2.39. The molecule has 0 saturated heterocycles. The number of nitrogens with zero attached hydrogens (tertiary/aromatic N) is 2. The van der Waals surface area contributed by atoms with Crippen LogP contribution >= 0.6 is 0 Å². The summed E-state index contributed by atoms with van der Waals surface area (Å²) in [6.45, 7) is 2.21. The number of carbonyl (C=O) groups excluding carboxylic acids is 2. The molecule has 206 valence electrons. The monoisotopic (exact) mass is 549 g/mol. The maximum absolute atomic E-state index is 13.6. The van der Waals surface area contributed by atoms with Crippen molar-refractivity contribution in [2.24, 2.45) is 0 Å². The lowest BCUT2D eigenvalue weighted by Gasteiger charge is -2.27. The number of para-hydroxylation sites is 3. The van der Waals surface area contributed by atoms with Gasteiger partial charge in [-0.25, -0.2) is 0 Å². The van der Waals surface area contributed by atoms with E-state index in [4.69, 9.17) is 0 Å². The van der Waals surface area contributed by atoms with Crippen LogP contribution in [0.15, 0.2) is 72.8 Å². The summed E-state index contributed by atoms with van der Waals surface area (Å²) in [5.41, 5.74) is -1.58. The summed E-state index contributed by atoms with van der Waals surface area (Å²) < 4.78 is 79.9. The van der Waals surface area contributed by atoms with Gasteiger partial charge in [-0.05, 0) is 48.4 Å². The zero-order valence-electron chi connectivity index (χ0n) is 20.8. The average Bonchev–Trinajstić information content (AvgIpc) is 2.99. The van der Waals surface area contributed by atoms with Crippen molar-refractivity contribution in [3.63, 3.8) is 0 Å². The highest BCUT2D eigenvalue weighted by atomic mass is 19.4. The molecule has 5 nitrogen and oxygen atoms in total. The third-order valence-corrected chi connectivity index (χ3v) is 6.34. The summed E-state index contributed by atoms with van der Waals surface area (Å²) >= 11 is 0. The number of benzene rings is 3. The molecule has 39 heavy (non-hydrogen) atoms. The van der Waals surface area contributed by atoms with Crippen molar-refractivity contribution in [1.82, 2.24) is 5.32 Å².